The molecule has 1 aliphatic carbocycles. The van der Waals surface area contributed by atoms with E-state index < -0.39 is 0 Å². The van der Waals surface area contributed by atoms with Gasteiger partial charge in [-0.2, -0.15) is 0 Å². The minimum absolute atomic E-state index is 0.360. The van der Waals surface area contributed by atoms with Crippen molar-refractivity contribution in [2.24, 2.45) is 5.92 Å². The highest BCUT2D eigenvalue weighted by Gasteiger charge is 2.33. The van der Waals surface area contributed by atoms with Crippen molar-refractivity contribution in [2.45, 2.75) is 32.4 Å². The van der Waals surface area contributed by atoms with Gasteiger partial charge in [0.2, 0.25) is 0 Å². The molecule has 1 saturated carbocycles. The van der Waals surface area contributed by atoms with Crippen LogP contribution in [0.2, 0.25) is 5.02 Å². The van der Waals surface area contributed by atoms with Crippen molar-refractivity contribution >= 4 is 11.6 Å². The third-order valence-electron chi connectivity index (χ3n) is 2.95. The molecule has 2 rings (SSSR count). The van der Waals surface area contributed by atoms with E-state index in [0.717, 1.165) is 10.9 Å². The van der Waals surface area contributed by atoms with Gasteiger partial charge in [-0.25, -0.2) is 0 Å². The molecule has 1 aliphatic rings. The maximum Gasteiger partial charge on any atom is 0.0453 e. The van der Waals surface area contributed by atoms with Crippen LogP contribution in [-0.2, 0) is 0 Å². The first-order valence-corrected chi connectivity index (χ1v) is 5.56. The molecule has 0 radical (unpaired) electrons. The number of halogens is 1. The number of benzene rings is 1. The van der Waals surface area contributed by atoms with E-state index >= 15 is 0 Å². The highest BCUT2D eigenvalue weighted by atomic mass is 35.5. The van der Waals surface area contributed by atoms with E-state index in [1.807, 2.05) is 18.2 Å². The molecule has 14 heavy (non-hydrogen) atoms. The lowest BCUT2D eigenvalue weighted by molar-refractivity contribution is 0.552. The maximum absolute atomic E-state index is 6.12. The summed E-state index contributed by atoms with van der Waals surface area (Å²) in [4.78, 5) is 0. The summed E-state index contributed by atoms with van der Waals surface area (Å²) in [6.07, 6.45) is 1.30. The van der Waals surface area contributed by atoms with Gasteiger partial charge >= 0.3 is 0 Å². The van der Waals surface area contributed by atoms with Crippen LogP contribution in [0.4, 0.5) is 0 Å². The van der Waals surface area contributed by atoms with E-state index in [2.05, 4.69) is 25.2 Å². The Bertz CT molecular complexity index is 324. The van der Waals surface area contributed by atoms with Crippen LogP contribution in [0.1, 0.15) is 31.9 Å². The van der Waals surface area contributed by atoms with E-state index in [9.17, 15) is 0 Å². The molecule has 0 bridgehead atoms. The van der Waals surface area contributed by atoms with Crippen molar-refractivity contribution in [3.05, 3.63) is 34.9 Å². The molecule has 76 valence electrons. The molecule has 0 saturated heterocycles. The topological polar surface area (TPSA) is 12.0 Å². The van der Waals surface area contributed by atoms with Crippen molar-refractivity contribution in [3.63, 3.8) is 0 Å². The zero-order valence-electron chi connectivity index (χ0n) is 8.63. The first kappa shape index (κ1) is 10.0. The third kappa shape index (κ3) is 2.10. The Morgan fingerprint density at radius 2 is 2.07 bits per heavy atom. The molecule has 0 aromatic heterocycles. The lowest BCUT2D eigenvalue weighted by Gasteiger charge is -2.15. The summed E-state index contributed by atoms with van der Waals surface area (Å²) in [5, 5.41) is 4.44. The zero-order chi connectivity index (χ0) is 10.1. The maximum atomic E-state index is 6.12. The predicted octanol–water partition coefficient (Wildman–Crippen LogP) is 3.40. The third-order valence-corrected chi connectivity index (χ3v) is 3.29. The van der Waals surface area contributed by atoms with Crippen molar-refractivity contribution < 1.29 is 0 Å². The molecule has 0 heterocycles. The van der Waals surface area contributed by atoms with E-state index in [0.29, 0.717) is 12.1 Å². The summed E-state index contributed by atoms with van der Waals surface area (Å²) in [6.45, 7) is 4.45. The molecule has 1 aromatic carbocycles. The summed E-state index contributed by atoms with van der Waals surface area (Å²) in [5.41, 5.74) is 1.20. The van der Waals surface area contributed by atoms with Gasteiger partial charge in [-0.3, -0.25) is 0 Å². The molecule has 1 nitrogen and oxygen atoms in total. The minimum atomic E-state index is 0.360. The van der Waals surface area contributed by atoms with Gasteiger partial charge in [0.1, 0.15) is 0 Å². The molecule has 1 fully saturated rings. The first-order valence-electron chi connectivity index (χ1n) is 5.19. The number of nitrogens with one attached hydrogen (secondary N) is 1. The Morgan fingerprint density at radius 1 is 1.43 bits per heavy atom. The second-order valence-corrected chi connectivity index (χ2v) is 4.64. The van der Waals surface area contributed by atoms with E-state index in [1.165, 1.54) is 12.0 Å². The fourth-order valence-corrected chi connectivity index (χ4v) is 2.09. The molecule has 2 heteroatoms. The smallest absolute Gasteiger partial charge is 0.0453 e. The molecule has 3 unspecified atom stereocenters. The summed E-state index contributed by atoms with van der Waals surface area (Å²) in [7, 11) is 0. The van der Waals surface area contributed by atoms with E-state index in [1.54, 1.807) is 0 Å². The lowest BCUT2D eigenvalue weighted by Crippen LogP contribution is -2.22. The van der Waals surface area contributed by atoms with Crippen LogP contribution in [0.5, 0.6) is 0 Å². The Balaban J connectivity index is 2.03. The molecular weight excluding hydrogens is 194 g/mol. The second kappa shape index (κ2) is 3.92. The second-order valence-electron chi connectivity index (χ2n) is 4.23. The van der Waals surface area contributed by atoms with Crippen molar-refractivity contribution in [3.8, 4) is 0 Å². The van der Waals surface area contributed by atoms with Crippen molar-refractivity contribution in [2.75, 3.05) is 0 Å². The van der Waals surface area contributed by atoms with Gasteiger partial charge in [0, 0.05) is 17.1 Å². The quantitative estimate of drug-likeness (QED) is 0.805. The van der Waals surface area contributed by atoms with Crippen molar-refractivity contribution in [1.82, 2.24) is 5.32 Å². The predicted molar refractivity (Wildman–Crippen MR) is 60.6 cm³/mol. The Labute approximate surface area is 90.5 Å². The van der Waals surface area contributed by atoms with Gasteiger partial charge in [0.05, 0.1) is 0 Å². The number of hydrogen-bond acceptors (Lipinski definition) is 1. The monoisotopic (exact) mass is 209 g/mol. The van der Waals surface area contributed by atoms with Crippen LogP contribution in [0.25, 0.3) is 0 Å². The van der Waals surface area contributed by atoms with Crippen LogP contribution in [-0.4, -0.2) is 6.04 Å². The number of rotatable bonds is 3. The van der Waals surface area contributed by atoms with Crippen LogP contribution >= 0.6 is 11.6 Å². The van der Waals surface area contributed by atoms with Gasteiger partial charge in [-0.1, -0.05) is 36.7 Å². The van der Waals surface area contributed by atoms with Crippen LogP contribution in [0.3, 0.4) is 0 Å². The largest absolute Gasteiger partial charge is 0.307 e. The Hall–Kier alpha value is -0.530. The fourth-order valence-electron chi connectivity index (χ4n) is 1.79. The summed E-state index contributed by atoms with van der Waals surface area (Å²) < 4.78 is 0. The molecule has 0 amide bonds. The highest BCUT2D eigenvalue weighted by Crippen LogP contribution is 2.32. The molecule has 3 atom stereocenters. The molecular formula is C12H16ClN. The summed E-state index contributed by atoms with van der Waals surface area (Å²) in [5.74, 6) is 0.833. The van der Waals surface area contributed by atoms with Crippen LogP contribution in [0.15, 0.2) is 24.3 Å². The number of hydrogen-bond donors (Lipinski definition) is 1. The minimum Gasteiger partial charge on any atom is -0.307 e. The lowest BCUT2D eigenvalue weighted by atomic mass is 10.1. The first-order chi connectivity index (χ1) is 6.68. The SMILES string of the molecule is CC(NC1CC1C)c1ccccc1Cl. The van der Waals surface area contributed by atoms with E-state index in [-0.39, 0.29) is 0 Å². The molecule has 1 aromatic rings. The summed E-state index contributed by atoms with van der Waals surface area (Å²) >= 11 is 6.12. The molecule has 0 spiro atoms. The average molecular weight is 210 g/mol. The van der Waals surface area contributed by atoms with E-state index in [4.69, 9.17) is 11.6 Å². The highest BCUT2D eigenvalue weighted by molar-refractivity contribution is 6.31. The Morgan fingerprint density at radius 3 is 2.64 bits per heavy atom. The van der Waals surface area contributed by atoms with Gasteiger partial charge in [-0.15, -0.1) is 0 Å². The Kier molecular flexibility index (Phi) is 2.80. The van der Waals surface area contributed by atoms with Gasteiger partial charge < -0.3 is 5.32 Å². The normalized spacial score (nSPS) is 27.4. The standard InChI is InChI=1S/C12H16ClN/c1-8-7-12(8)14-9(2)10-5-3-4-6-11(10)13/h3-6,8-9,12,14H,7H2,1-2H3. The molecule has 0 aliphatic heterocycles. The summed E-state index contributed by atoms with van der Waals surface area (Å²) in [6, 6.07) is 9.10. The van der Waals surface area contributed by atoms with Crippen LogP contribution < -0.4 is 5.32 Å². The fraction of sp³-hybridized carbons (Fsp3) is 0.500. The zero-order valence-corrected chi connectivity index (χ0v) is 9.38. The van der Waals surface area contributed by atoms with Gasteiger partial charge in [-0.05, 0) is 30.9 Å². The molecule has 1 N–H and O–H groups in total. The van der Waals surface area contributed by atoms with Crippen LogP contribution in [0, 0.1) is 5.92 Å². The van der Waals surface area contributed by atoms with Gasteiger partial charge in [0.25, 0.3) is 0 Å². The van der Waals surface area contributed by atoms with Gasteiger partial charge in [0.15, 0.2) is 0 Å². The average Bonchev–Trinajstić information content (AvgIpc) is 2.82. The van der Waals surface area contributed by atoms with Crippen molar-refractivity contribution in [1.29, 1.82) is 0 Å².